The molecule has 0 saturated carbocycles. The number of fused-ring (bicyclic) bond motifs is 1. The predicted molar refractivity (Wildman–Crippen MR) is 111 cm³/mol. The van der Waals surface area contributed by atoms with E-state index in [4.69, 9.17) is 17.0 Å². The van der Waals surface area contributed by atoms with Gasteiger partial charge in [0, 0.05) is 11.5 Å². The summed E-state index contributed by atoms with van der Waals surface area (Å²) in [7, 11) is 0. The Kier molecular flexibility index (Phi) is 4.75. The molecule has 1 aromatic heterocycles. The van der Waals surface area contributed by atoms with Crippen LogP contribution in [-0.2, 0) is 0 Å². The van der Waals surface area contributed by atoms with Crippen LogP contribution < -0.4 is 4.74 Å². The van der Waals surface area contributed by atoms with Crippen LogP contribution in [0, 0.1) is 4.77 Å². The number of rotatable bonds is 5. The zero-order chi connectivity index (χ0) is 19.7. The largest absolute Gasteiger partial charge is 0.508 e. The molecule has 28 heavy (non-hydrogen) atoms. The van der Waals surface area contributed by atoms with Gasteiger partial charge in [-0.2, -0.15) is 5.10 Å². The van der Waals surface area contributed by atoms with Crippen molar-refractivity contribution in [1.82, 2.24) is 14.8 Å². The van der Waals surface area contributed by atoms with Crippen LogP contribution in [0.25, 0.3) is 27.8 Å². The summed E-state index contributed by atoms with van der Waals surface area (Å²) in [5.41, 5.74) is 1.28. The number of ether oxygens (including phenoxy) is 1. The number of nitrogens with zero attached hydrogens (tertiary/aromatic N) is 2. The van der Waals surface area contributed by atoms with Crippen LogP contribution in [0.1, 0.15) is 13.3 Å². The van der Waals surface area contributed by atoms with E-state index < -0.39 is 0 Å². The second-order valence-electron chi connectivity index (χ2n) is 6.40. The molecule has 0 aliphatic carbocycles. The highest BCUT2D eigenvalue weighted by atomic mass is 32.1. The molecule has 4 rings (SSSR count). The monoisotopic (exact) mass is 393 g/mol. The maximum atomic E-state index is 10.3. The fourth-order valence-electron chi connectivity index (χ4n) is 3.15. The topological polar surface area (TPSA) is 83.3 Å². The van der Waals surface area contributed by atoms with Gasteiger partial charge in [-0.25, -0.2) is 0 Å². The Morgan fingerprint density at radius 1 is 1.11 bits per heavy atom. The zero-order valence-electron chi connectivity index (χ0n) is 15.2. The molecule has 7 heteroatoms. The fraction of sp³-hybridized carbons (Fsp3) is 0.143. The number of aromatic nitrogens is 3. The first-order chi connectivity index (χ1) is 13.6. The van der Waals surface area contributed by atoms with Crippen molar-refractivity contribution in [3.63, 3.8) is 0 Å². The number of benzene rings is 3. The lowest BCUT2D eigenvalue weighted by atomic mass is 10.1. The standard InChI is InChI=1S/C21H19N3O3S/c1-2-10-27-15-8-6-13-4-3-5-18(17(13)12-15)24-20(22-23-21(24)28)16-9-7-14(25)11-19(16)26/h3-9,11-12,25-26H,2,10H2,1H3,(H,23,28). The highest BCUT2D eigenvalue weighted by Crippen LogP contribution is 2.34. The second-order valence-corrected chi connectivity index (χ2v) is 6.78. The van der Waals surface area contributed by atoms with Crippen LogP contribution in [-0.4, -0.2) is 31.6 Å². The van der Waals surface area contributed by atoms with Crippen LogP contribution in [0.3, 0.4) is 0 Å². The van der Waals surface area contributed by atoms with Crippen LogP contribution in [0.15, 0.2) is 54.6 Å². The Hall–Kier alpha value is -3.32. The highest BCUT2D eigenvalue weighted by molar-refractivity contribution is 7.71. The first-order valence-corrected chi connectivity index (χ1v) is 9.35. The molecule has 0 atom stereocenters. The van der Waals surface area contributed by atoms with Crippen molar-refractivity contribution in [2.45, 2.75) is 13.3 Å². The quantitative estimate of drug-likeness (QED) is 0.418. The van der Waals surface area contributed by atoms with Crippen LogP contribution in [0.4, 0.5) is 0 Å². The van der Waals surface area contributed by atoms with Crippen LogP contribution >= 0.6 is 12.2 Å². The molecule has 0 aliphatic rings. The number of H-pyrrole nitrogens is 1. The van der Waals surface area contributed by atoms with Gasteiger partial charge in [-0.05, 0) is 54.4 Å². The molecule has 0 aliphatic heterocycles. The summed E-state index contributed by atoms with van der Waals surface area (Å²) < 4.78 is 7.96. The number of phenols is 2. The van der Waals surface area contributed by atoms with E-state index in [9.17, 15) is 10.2 Å². The lowest BCUT2D eigenvalue weighted by Crippen LogP contribution is -2.00. The summed E-state index contributed by atoms with van der Waals surface area (Å²) in [6.45, 7) is 2.71. The van der Waals surface area contributed by atoms with E-state index in [2.05, 4.69) is 17.1 Å². The average molecular weight is 393 g/mol. The van der Waals surface area contributed by atoms with Gasteiger partial charge in [0.1, 0.15) is 17.2 Å². The summed E-state index contributed by atoms with van der Waals surface area (Å²) in [4.78, 5) is 0. The number of hydrogen-bond acceptors (Lipinski definition) is 5. The fourth-order valence-corrected chi connectivity index (χ4v) is 3.38. The van der Waals surface area contributed by atoms with E-state index >= 15 is 0 Å². The number of aromatic hydroxyl groups is 2. The smallest absolute Gasteiger partial charge is 0.200 e. The molecule has 0 saturated heterocycles. The minimum atomic E-state index is -0.0811. The van der Waals surface area contributed by atoms with Crippen LogP contribution in [0.5, 0.6) is 17.2 Å². The van der Waals surface area contributed by atoms with Gasteiger partial charge < -0.3 is 14.9 Å². The molecule has 6 nitrogen and oxygen atoms in total. The lowest BCUT2D eigenvalue weighted by Gasteiger charge is -2.13. The Labute approximate surface area is 166 Å². The molecule has 142 valence electrons. The normalized spacial score (nSPS) is 11.0. The van der Waals surface area contributed by atoms with E-state index in [1.165, 1.54) is 12.1 Å². The van der Waals surface area contributed by atoms with Gasteiger partial charge in [-0.3, -0.25) is 9.67 Å². The third kappa shape index (κ3) is 3.20. The molecule has 0 radical (unpaired) electrons. The zero-order valence-corrected chi connectivity index (χ0v) is 16.0. The number of nitrogens with one attached hydrogen (secondary N) is 1. The highest BCUT2D eigenvalue weighted by Gasteiger charge is 2.16. The van der Waals surface area contributed by atoms with Crippen molar-refractivity contribution < 1.29 is 14.9 Å². The molecule has 0 bridgehead atoms. The molecule has 3 aromatic carbocycles. The molecular formula is C21H19N3O3S. The van der Waals surface area contributed by atoms with E-state index in [1.807, 2.05) is 36.4 Å². The van der Waals surface area contributed by atoms with E-state index in [0.717, 1.165) is 28.6 Å². The van der Waals surface area contributed by atoms with E-state index in [1.54, 1.807) is 10.6 Å². The first kappa shape index (κ1) is 18.1. The Morgan fingerprint density at radius 3 is 2.75 bits per heavy atom. The SMILES string of the molecule is CCCOc1ccc2cccc(-n3c(-c4ccc(O)cc4O)n[nH]c3=S)c2c1. The van der Waals surface area contributed by atoms with Gasteiger partial charge in [-0.15, -0.1) is 0 Å². The van der Waals surface area contributed by atoms with Gasteiger partial charge in [0.25, 0.3) is 0 Å². The molecule has 1 heterocycles. The summed E-state index contributed by atoms with van der Waals surface area (Å²) in [5, 5.41) is 29.0. The van der Waals surface area contributed by atoms with Crippen molar-refractivity contribution in [1.29, 1.82) is 0 Å². The predicted octanol–water partition coefficient (Wildman–Crippen LogP) is 4.95. The molecule has 0 spiro atoms. The van der Waals surface area contributed by atoms with Crippen molar-refractivity contribution in [3.05, 3.63) is 59.4 Å². The average Bonchev–Trinajstić information content (AvgIpc) is 3.06. The number of hydrogen-bond donors (Lipinski definition) is 3. The molecule has 0 unspecified atom stereocenters. The first-order valence-electron chi connectivity index (χ1n) is 8.94. The summed E-state index contributed by atoms with van der Waals surface area (Å²) >= 11 is 5.47. The molecular weight excluding hydrogens is 374 g/mol. The van der Waals surface area contributed by atoms with E-state index in [-0.39, 0.29) is 11.5 Å². The van der Waals surface area contributed by atoms with Crippen molar-refractivity contribution >= 4 is 23.0 Å². The molecule has 0 fully saturated rings. The molecule has 0 amide bonds. The van der Waals surface area contributed by atoms with Crippen molar-refractivity contribution in [2.75, 3.05) is 6.61 Å². The lowest BCUT2D eigenvalue weighted by molar-refractivity contribution is 0.318. The Balaban J connectivity index is 1.94. The number of aromatic amines is 1. The second kappa shape index (κ2) is 7.36. The summed E-state index contributed by atoms with van der Waals surface area (Å²) in [5.74, 6) is 1.13. The Morgan fingerprint density at radius 2 is 1.96 bits per heavy atom. The molecule has 3 N–H and O–H groups in total. The molecule has 4 aromatic rings. The summed E-state index contributed by atoms with van der Waals surface area (Å²) in [6.07, 6.45) is 0.927. The minimum Gasteiger partial charge on any atom is -0.508 e. The third-order valence-corrected chi connectivity index (χ3v) is 4.71. The van der Waals surface area contributed by atoms with Gasteiger partial charge in [0.2, 0.25) is 0 Å². The summed E-state index contributed by atoms with van der Waals surface area (Å²) in [6, 6.07) is 16.2. The third-order valence-electron chi connectivity index (χ3n) is 4.44. The van der Waals surface area contributed by atoms with Gasteiger partial charge in [0.15, 0.2) is 10.6 Å². The number of phenolic OH excluding ortho intramolecular Hbond substituents is 2. The van der Waals surface area contributed by atoms with E-state index in [0.29, 0.717) is 22.8 Å². The Bertz CT molecular complexity index is 1210. The maximum absolute atomic E-state index is 10.3. The van der Waals surface area contributed by atoms with Gasteiger partial charge in [0.05, 0.1) is 17.9 Å². The van der Waals surface area contributed by atoms with Gasteiger partial charge >= 0.3 is 0 Å². The van der Waals surface area contributed by atoms with Crippen molar-refractivity contribution in [2.24, 2.45) is 0 Å². The minimum absolute atomic E-state index is 0.0233. The maximum Gasteiger partial charge on any atom is 0.200 e. The van der Waals surface area contributed by atoms with Crippen LogP contribution in [0.2, 0.25) is 0 Å². The van der Waals surface area contributed by atoms with Gasteiger partial charge in [-0.1, -0.05) is 25.1 Å². The van der Waals surface area contributed by atoms with Crippen molar-refractivity contribution in [3.8, 4) is 34.3 Å².